The molecule has 3 aromatic carbocycles. The zero-order valence-corrected chi connectivity index (χ0v) is 24.1. The van der Waals surface area contributed by atoms with Crippen molar-refractivity contribution in [1.29, 1.82) is 0 Å². The molecule has 0 spiro atoms. The number of rotatable bonds is 8. The van der Waals surface area contributed by atoms with E-state index in [-0.39, 0.29) is 23.8 Å². The Hall–Kier alpha value is -3.86. The summed E-state index contributed by atoms with van der Waals surface area (Å²) in [7, 11) is -2.95. The van der Waals surface area contributed by atoms with Crippen LogP contribution in [-0.2, 0) is 21.2 Å². The monoisotopic (exact) mass is 570 g/mol. The van der Waals surface area contributed by atoms with E-state index in [1.54, 1.807) is 18.3 Å². The van der Waals surface area contributed by atoms with E-state index in [9.17, 15) is 18.3 Å². The molecule has 5 rings (SSSR count). The molecule has 7 heteroatoms. The maximum absolute atomic E-state index is 11.8. The van der Waals surface area contributed by atoms with Gasteiger partial charge in [0.1, 0.15) is 12.4 Å². The number of aryl methyl sites for hydroxylation is 1. The van der Waals surface area contributed by atoms with Gasteiger partial charge in [0.05, 0.1) is 23.8 Å². The number of hydrogen-bond donors (Lipinski definition) is 1. The minimum Gasteiger partial charge on any atom is -0.489 e. The van der Waals surface area contributed by atoms with Crippen LogP contribution in [0.3, 0.4) is 0 Å². The van der Waals surface area contributed by atoms with Crippen LogP contribution in [0.5, 0.6) is 5.75 Å². The summed E-state index contributed by atoms with van der Waals surface area (Å²) in [5.41, 5.74) is 7.60. The van der Waals surface area contributed by atoms with Crippen LogP contribution < -0.4 is 4.74 Å². The maximum atomic E-state index is 11.8. The van der Waals surface area contributed by atoms with E-state index in [4.69, 9.17) is 4.74 Å². The highest BCUT2D eigenvalue weighted by Crippen LogP contribution is 2.37. The zero-order chi connectivity index (χ0) is 28.3. The lowest BCUT2D eigenvalue weighted by Gasteiger charge is -2.15. The van der Waals surface area contributed by atoms with Crippen LogP contribution in [0.25, 0.3) is 26.8 Å². The number of sulfone groups is 1. The van der Waals surface area contributed by atoms with Gasteiger partial charge in [-0.25, -0.2) is 8.42 Å². The summed E-state index contributed by atoms with van der Waals surface area (Å²) in [6.07, 6.45) is 2.37. The van der Waals surface area contributed by atoms with Crippen LogP contribution in [-0.4, -0.2) is 31.0 Å². The third-order valence-electron chi connectivity index (χ3n) is 7.18. The van der Waals surface area contributed by atoms with Gasteiger partial charge in [0.2, 0.25) is 0 Å². The minimum atomic E-state index is -2.95. The minimum absolute atomic E-state index is 0.0333. The molecule has 2 heterocycles. The van der Waals surface area contributed by atoms with Crippen molar-refractivity contribution in [2.75, 3.05) is 11.5 Å². The molecule has 40 heavy (non-hydrogen) atoms. The lowest BCUT2D eigenvalue weighted by atomic mass is 9.94. The van der Waals surface area contributed by atoms with E-state index in [2.05, 4.69) is 60.5 Å². The highest BCUT2D eigenvalue weighted by atomic mass is 32.2. The third kappa shape index (κ3) is 6.30. The fourth-order valence-corrected chi connectivity index (χ4v) is 7.14. The molecule has 5 nitrogen and oxygen atoms in total. The van der Waals surface area contributed by atoms with E-state index in [1.165, 1.54) is 21.2 Å². The van der Waals surface area contributed by atoms with Gasteiger partial charge >= 0.3 is 5.97 Å². The van der Waals surface area contributed by atoms with Gasteiger partial charge in [-0.05, 0) is 83.3 Å². The summed E-state index contributed by atoms with van der Waals surface area (Å²) in [4.78, 5) is 11.2. The van der Waals surface area contributed by atoms with Crippen LogP contribution in [0.4, 0.5) is 0 Å². The van der Waals surface area contributed by atoms with Gasteiger partial charge in [-0.3, -0.25) is 4.79 Å². The standard InChI is InChI=1S/C33H30O5S2/c1-3-4-26(19-33(34)35)24-6-9-28(10-7-24)38-20-23-5-12-32-30(18-23)31(21-39-32)29-11-8-27(17-22(29)2)25-13-15-40(36,37)16-14-25/h5-13,17-18,21,26H,14-16,19-20H2,1-2H3,(H,34,35). The van der Waals surface area contributed by atoms with E-state index < -0.39 is 15.8 Å². The van der Waals surface area contributed by atoms with Gasteiger partial charge in [0.25, 0.3) is 0 Å². The summed E-state index contributed by atoms with van der Waals surface area (Å²) in [5.74, 6) is 5.61. The number of fused-ring (bicyclic) bond motifs is 1. The van der Waals surface area contributed by atoms with Gasteiger partial charge in [-0.1, -0.05) is 48.4 Å². The second-order valence-electron chi connectivity index (χ2n) is 10.0. The predicted octanol–water partition coefficient (Wildman–Crippen LogP) is 7.24. The molecular formula is C33H30O5S2. The van der Waals surface area contributed by atoms with Crippen molar-refractivity contribution in [2.45, 2.75) is 39.2 Å². The number of benzene rings is 3. The number of carboxylic acid groups (broad SMARTS) is 1. The molecule has 0 saturated heterocycles. The van der Waals surface area contributed by atoms with Crippen molar-refractivity contribution in [2.24, 2.45) is 0 Å². The molecule has 0 radical (unpaired) electrons. The lowest BCUT2D eigenvalue weighted by molar-refractivity contribution is -0.137. The Morgan fingerprint density at radius 3 is 2.55 bits per heavy atom. The molecule has 0 bridgehead atoms. The van der Waals surface area contributed by atoms with Gasteiger partial charge in [-0.2, -0.15) is 0 Å². The summed E-state index contributed by atoms with van der Waals surface area (Å²) >= 11 is 1.71. The van der Waals surface area contributed by atoms with Gasteiger partial charge < -0.3 is 9.84 Å². The van der Waals surface area contributed by atoms with Crippen molar-refractivity contribution >= 4 is 42.8 Å². The first-order valence-electron chi connectivity index (χ1n) is 13.1. The first-order chi connectivity index (χ1) is 19.2. The van der Waals surface area contributed by atoms with Crippen molar-refractivity contribution < 1.29 is 23.1 Å². The second-order valence-corrected chi connectivity index (χ2v) is 13.1. The molecule has 0 saturated carbocycles. The highest BCUT2D eigenvalue weighted by molar-refractivity contribution is 7.91. The molecule has 4 aromatic rings. The topological polar surface area (TPSA) is 80.7 Å². The molecule has 0 amide bonds. The Morgan fingerprint density at radius 2 is 1.88 bits per heavy atom. The summed E-state index contributed by atoms with van der Waals surface area (Å²) < 4.78 is 30.9. The molecule has 204 valence electrons. The second kappa shape index (κ2) is 11.7. The predicted molar refractivity (Wildman–Crippen MR) is 162 cm³/mol. The van der Waals surface area contributed by atoms with Crippen LogP contribution in [0.15, 0.2) is 72.1 Å². The van der Waals surface area contributed by atoms with Crippen LogP contribution in [0, 0.1) is 18.8 Å². The lowest BCUT2D eigenvalue weighted by Crippen LogP contribution is -2.14. The van der Waals surface area contributed by atoms with Crippen LogP contribution in [0.2, 0.25) is 0 Å². The molecule has 1 unspecified atom stereocenters. The molecule has 1 aliphatic heterocycles. The van der Waals surface area contributed by atoms with E-state index in [0.29, 0.717) is 18.8 Å². The molecule has 0 fully saturated rings. The smallest absolute Gasteiger partial charge is 0.304 e. The number of thiophene rings is 1. The summed E-state index contributed by atoms with van der Waals surface area (Å²) in [6, 6.07) is 20.3. The molecule has 1 aliphatic rings. The molecule has 0 aliphatic carbocycles. The average molecular weight is 571 g/mol. The van der Waals surface area contributed by atoms with Crippen LogP contribution >= 0.6 is 11.3 Å². The largest absolute Gasteiger partial charge is 0.489 e. The Kier molecular flexibility index (Phi) is 8.11. The first kappa shape index (κ1) is 27.7. The van der Waals surface area contributed by atoms with Gasteiger partial charge in [0, 0.05) is 15.6 Å². The maximum Gasteiger partial charge on any atom is 0.304 e. The molecule has 1 atom stereocenters. The number of allylic oxidation sites excluding steroid dienone is 1. The van der Waals surface area contributed by atoms with E-state index in [0.717, 1.165) is 27.8 Å². The van der Waals surface area contributed by atoms with Gasteiger partial charge in [-0.15, -0.1) is 17.3 Å². The Balaban J connectivity index is 1.33. The Bertz CT molecular complexity index is 1770. The SMILES string of the molecule is CC#CC(CC(=O)O)c1ccc(OCc2ccc3scc(-c4ccc(C5=CCS(=O)(=O)CC5)cc4C)c3c2)cc1. The Labute approximate surface area is 239 Å². The molecular weight excluding hydrogens is 540 g/mol. The third-order valence-corrected chi connectivity index (χ3v) is 9.64. The van der Waals surface area contributed by atoms with Crippen molar-refractivity contribution in [3.8, 4) is 28.7 Å². The van der Waals surface area contributed by atoms with Crippen molar-refractivity contribution in [3.05, 3.63) is 94.4 Å². The van der Waals surface area contributed by atoms with Crippen LogP contribution in [0.1, 0.15) is 47.9 Å². The quantitative estimate of drug-likeness (QED) is 0.226. The number of aliphatic carboxylic acids is 1. The van der Waals surface area contributed by atoms with E-state index >= 15 is 0 Å². The molecule has 1 aromatic heterocycles. The van der Waals surface area contributed by atoms with Crippen molar-refractivity contribution in [1.82, 2.24) is 0 Å². The number of carbonyl (C=O) groups is 1. The highest BCUT2D eigenvalue weighted by Gasteiger charge is 2.18. The number of ether oxygens (including phenoxy) is 1. The van der Waals surface area contributed by atoms with E-state index in [1.807, 2.05) is 30.3 Å². The number of carboxylic acids is 1. The zero-order valence-electron chi connectivity index (χ0n) is 22.4. The fraction of sp³-hybridized carbons (Fsp3) is 0.242. The molecule has 1 N–H and O–H groups in total. The van der Waals surface area contributed by atoms with Crippen molar-refractivity contribution in [3.63, 3.8) is 0 Å². The number of hydrogen-bond acceptors (Lipinski definition) is 5. The first-order valence-corrected chi connectivity index (χ1v) is 15.8. The normalized spacial score (nSPS) is 15.1. The fourth-order valence-electron chi connectivity index (χ4n) is 5.04. The Morgan fingerprint density at radius 1 is 1.07 bits per heavy atom. The van der Waals surface area contributed by atoms with Gasteiger partial charge in [0.15, 0.2) is 9.84 Å². The summed E-state index contributed by atoms with van der Waals surface area (Å²) in [5, 5.41) is 12.5. The summed E-state index contributed by atoms with van der Waals surface area (Å²) in [6.45, 7) is 4.23. The average Bonchev–Trinajstić information content (AvgIpc) is 3.35.